The van der Waals surface area contributed by atoms with Gasteiger partial charge < -0.3 is 0 Å². The van der Waals surface area contributed by atoms with E-state index in [4.69, 9.17) is 0 Å². The van der Waals surface area contributed by atoms with Crippen molar-refractivity contribution in [3.8, 4) is 0 Å². The predicted molar refractivity (Wildman–Crippen MR) is 68.9 cm³/mol. The van der Waals surface area contributed by atoms with E-state index < -0.39 is 0 Å². The SMILES string of the molecule is Cc1ccc2c(c(C)nn2C)c1C(C)(C)C. The van der Waals surface area contributed by atoms with E-state index in [0.717, 1.165) is 5.69 Å². The lowest BCUT2D eigenvalue weighted by atomic mass is 9.81. The van der Waals surface area contributed by atoms with Crippen LogP contribution < -0.4 is 0 Å². The van der Waals surface area contributed by atoms with E-state index in [1.54, 1.807) is 0 Å². The monoisotopic (exact) mass is 216 g/mol. The summed E-state index contributed by atoms with van der Waals surface area (Å²) < 4.78 is 1.97. The molecule has 1 aromatic carbocycles. The van der Waals surface area contributed by atoms with Crippen LogP contribution in [0.25, 0.3) is 10.9 Å². The first kappa shape index (κ1) is 11.2. The number of aryl methyl sites for hydroxylation is 3. The summed E-state index contributed by atoms with van der Waals surface area (Å²) in [6.45, 7) is 11.1. The smallest absolute Gasteiger partial charge is 0.0685 e. The van der Waals surface area contributed by atoms with E-state index in [1.807, 2.05) is 11.7 Å². The topological polar surface area (TPSA) is 17.8 Å². The fourth-order valence-electron chi connectivity index (χ4n) is 2.63. The molecule has 0 N–H and O–H groups in total. The van der Waals surface area contributed by atoms with Crippen LogP contribution in [0.3, 0.4) is 0 Å². The molecule has 0 saturated heterocycles. The van der Waals surface area contributed by atoms with Crippen LogP contribution in [-0.2, 0) is 12.5 Å². The van der Waals surface area contributed by atoms with Gasteiger partial charge in [0.15, 0.2) is 0 Å². The Kier molecular flexibility index (Phi) is 2.33. The third-order valence-corrected chi connectivity index (χ3v) is 3.15. The van der Waals surface area contributed by atoms with Gasteiger partial charge in [-0.3, -0.25) is 4.68 Å². The molecule has 2 heteroatoms. The second kappa shape index (κ2) is 3.34. The quantitative estimate of drug-likeness (QED) is 0.659. The van der Waals surface area contributed by atoms with Crippen LogP contribution in [-0.4, -0.2) is 9.78 Å². The molecule has 0 atom stereocenters. The van der Waals surface area contributed by atoms with Gasteiger partial charge in [-0.15, -0.1) is 0 Å². The Bertz CT molecular complexity index is 542. The maximum Gasteiger partial charge on any atom is 0.0685 e. The summed E-state index contributed by atoms with van der Waals surface area (Å²) in [5.41, 5.74) is 5.31. The minimum absolute atomic E-state index is 0.164. The van der Waals surface area contributed by atoms with E-state index in [2.05, 4.69) is 51.9 Å². The van der Waals surface area contributed by atoms with Crippen molar-refractivity contribution in [3.63, 3.8) is 0 Å². The first-order valence-corrected chi connectivity index (χ1v) is 5.76. The Hall–Kier alpha value is -1.31. The van der Waals surface area contributed by atoms with Crippen LogP contribution in [0.2, 0.25) is 0 Å². The fraction of sp³-hybridized carbons (Fsp3) is 0.500. The molecule has 0 radical (unpaired) electrons. The van der Waals surface area contributed by atoms with Crippen molar-refractivity contribution in [2.75, 3.05) is 0 Å². The van der Waals surface area contributed by atoms with E-state index in [1.165, 1.54) is 22.0 Å². The molecule has 0 bridgehead atoms. The van der Waals surface area contributed by atoms with Crippen molar-refractivity contribution in [2.24, 2.45) is 7.05 Å². The molecular weight excluding hydrogens is 196 g/mol. The van der Waals surface area contributed by atoms with Gasteiger partial charge in [0.05, 0.1) is 11.2 Å². The Morgan fingerprint density at radius 1 is 1.12 bits per heavy atom. The molecule has 86 valence electrons. The molecule has 1 aromatic heterocycles. The van der Waals surface area contributed by atoms with Gasteiger partial charge in [0.25, 0.3) is 0 Å². The molecule has 1 heterocycles. The lowest BCUT2D eigenvalue weighted by molar-refractivity contribution is 0.591. The average Bonchev–Trinajstić information content (AvgIpc) is 2.40. The zero-order chi connectivity index (χ0) is 12.1. The molecule has 2 rings (SSSR count). The van der Waals surface area contributed by atoms with Crippen LogP contribution in [0, 0.1) is 13.8 Å². The summed E-state index contributed by atoms with van der Waals surface area (Å²) in [6, 6.07) is 4.37. The van der Waals surface area contributed by atoms with Gasteiger partial charge in [-0.25, -0.2) is 0 Å². The second-order valence-corrected chi connectivity index (χ2v) is 5.61. The van der Waals surface area contributed by atoms with Gasteiger partial charge in [-0.1, -0.05) is 26.8 Å². The molecule has 0 amide bonds. The van der Waals surface area contributed by atoms with E-state index >= 15 is 0 Å². The number of aromatic nitrogens is 2. The maximum absolute atomic E-state index is 4.52. The molecule has 0 spiro atoms. The first-order chi connectivity index (χ1) is 7.32. The van der Waals surface area contributed by atoms with Crippen LogP contribution in [0.15, 0.2) is 12.1 Å². The molecule has 0 aliphatic carbocycles. The summed E-state index contributed by atoms with van der Waals surface area (Å²) in [5.74, 6) is 0. The number of benzene rings is 1. The number of hydrogen-bond acceptors (Lipinski definition) is 1. The summed E-state index contributed by atoms with van der Waals surface area (Å²) in [5, 5.41) is 5.85. The molecular formula is C14H20N2. The van der Waals surface area contributed by atoms with Crippen molar-refractivity contribution in [1.29, 1.82) is 0 Å². The standard InChI is InChI=1S/C14H20N2/c1-9-7-8-11-12(10(2)15-16(11)6)13(9)14(3,4)5/h7-8H,1-6H3. The number of nitrogens with zero attached hydrogens (tertiary/aromatic N) is 2. The van der Waals surface area contributed by atoms with Crippen LogP contribution in [0.1, 0.15) is 37.6 Å². The van der Waals surface area contributed by atoms with E-state index in [9.17, 15) is 0 Å². The van der Waals surface area contributed by atoms with Gasteiger partial charge in [0, 0.05) is 12.4 Å². The van der Waals surface area contributed by atoms with E-state index in [0.29, 0.717) is 0 Å². The third kappa shape index (κ3) is 1.53. The minimum Gasteiger partial charge on any atom is -0.268 e. The number of hydrogen-bond donors (Lipinski definition) is 0. The van der Waals surface area contributed by atoms with Gasteiger partial charge in [0.1, 0.15) is 0 Å². The highest BCUT2D eigenvalue weighted by molar-refractivity contribution is 5.87. The van der Waals surface area contributed by atoms with Gasteiger partial charge >= 0.3 is 0 Å². The third-order valence-electron chi connectivity index (χ3n) is 3.15. The first-order valence-electron chi connectivity index (χ1n) is 5.76. The highest BCUT2D eigenvalue weighted by atomic mass is 15.3. The van der Waals surface area contributed by atoms with Crippen molar-refractivity contribution in [2.45, 2.75) is 40.0 Å². The Labute approximate surface area is 97.3 Å². The van der Waals surface area contributed by atoms with Crippen molar-refractivity contribution >= 4 is 10.9 Å². The van der Waals surface area contributed by atoms with E-state index in [-0.39, 0.29) is 5.41 Å². The lowest BCUT2D eigenvalue weighted by Gasteiger charge is -2.23. The van der Waals surface area contributed by atoms with Crippen LogP contribution in [0.4, 0.5) is 0 Å². The Morgan fingerprint density at radius 3 is 2.31 bits per heavy atom. The van der Waals surface area contributed by atoms with Crippen molar-refractivity contribution < 1.29 is 0 Å². The predicted octanol–water partition coefficient (Wildman–Crippen LogP) is 3.49. The van der Waals surface area contributed by atoms with Crippen molar-refractivity contribution in [3.05, 3.63) is 29.0 Å². The lowest BCUT2D eigenvalue weighted by Crippen LogP contribution is -2.13. The molecule has 0 saturated carbocycles. The van der Waals surface area contributed by atoms with Gasteiger partial charge in [-0.2, -0.15) is 5.10 Å². The molecule has 0 unspecified atom stereocenters. The average molecular weight is 216 g/mol. The molecule has 0 aliphatic heterocycles. The Balaban J connectivity index is 2.95. The summed E-state index contributed by atoms with van der Waals surface area (Å²) >= 11 is 0. The molecule has 0 aliphatic rings. The van der Waals surface area contributed by atoms with Crippen LogP contribution in [0.5, 0.6) is 0 Å². The minimum atomic E-state index is 0.164. The van der Waals surface area contributed by atoms with Gasteiger partial charge in [0.2, 0.25) is 0 Å². The highest BCUT2D eigenvalue weighted by Gasteiger charge is 2.22. The second-order valence-electron chi connectivity index (χ2n) is 5.61. The Morgan fingerprint density at radius 2 is 1.75 bits per heavy atom. The summed E-state index contributed by atoms with van der Waals surface area (Å²) in [4.78, 5) is 0. The maximum atomic E-state index is 4.52. The zero-order valence-corrected chi connectivity index (χ0v) is 11.0. The molecule has 2 aromatic rings. The zero-order valence-electron chi connectivity index (χ0n) is 11.0. The highest BCUT2D eigenvalue weighted by Crippen LogP contribution is 2.34. The molecule has 2 nitrogen and oxygen atoms in total. The van der Waals surface area contributed by atoms with Crippen molar-refractivity contribution in [1.82, 2.24) is 9.78 Å². The largest absolute Gasteiger partial charge is 0.268 e. The number of fused-ring (bicyclic) bond motifs is 1. The summed E-state index contributed by atoms with van der Waals surface area (Å²) in [6.07, 6.45) is 0. The number of rotatable bonds is 0. The summed E-state index contributed by atoms with van der Waals surface area (Å²) in [7, 11) is 2.01. The molecule has 16 heavy (non-hydrogen) atoms. The normalized spacial score (nSPS) is 12.4. The van der Waals surface area contributed by atoms with Crippen LogP contribution >= 0.6 is 0 Å². The fourth-order valence-corrected chi connectivity index (χ4v) is 2.63. The molecule has 0 fully saturated rings. The van der Waals surface area contributed by atoms with Gasteiger partial charge in [-0.05, 0) is 36.5 Å².